The summed E-state index contributed by atoms with van der Waals surface area (Å²) in [4.78, 5) is 27.0. The number of fused-ring (bicyclic) bond motifs is 1. The van der Waals surface area contributed by atoms with Gasteiger partial charge < -0.3 is 14.2 Å². The van der Waals surface area contributed by atoms with E-state index in [1.807, 2.05) is 31.2 Å². The van der Waals surface area contributed by atoms with Crippen LogP contribution in [0.4, 0.5) is 4.79 Å². The number of cyclic esters (lactones) is 1. The zero-order chi connectivity index (χ0) is 19.7. The van der Waals surface area contributed by atoms with Crippen molar-refractivity contribution in [2.75, 3.05) is 13.7 Å². The van der Waals surface area contributed by atoms with Gasteiger partial charge in [0.1, 0.15) is 6.61 Å². The maximum Gasteiger partial charge on any atom is 0.413 e. The molecule has 6 heteroatoms. The first kappa shape index (κ1) is 18.8. The van der Waals surface area contributed by atoms with Gasteiger partial charge in [-0.25, -0.2) is 9.59 Å². The fourth-order valence-electron chi connectivity index (χ4n) is 5.03. The third-order valence-corrected chi connectivity index (χ3v) is 6.34. The Kier molecular flexibility index (Phi) is 5.04. The van der Waals surface area contributed by atoms with Crippen molar-refractivity contribution in [2.24, 2.45) is 5.92 Å². The number of carbonyl (C=O) groups excluding carboxylic acids is 2. The molecule has 1 aliphatic carbocycles. The molecule has 0 N–H and O–H groups in total. The largest absolute Gasteiger partial charge is 0.463 e. The van der Waals surface area contributed by atoms with Crippen molar-refractivity contribution >= 4 is 12.1 Å². The quantitative estimate of drug-likeness (QED) is 0.734. The van der Waals surface area contributed by atoms with E-state index in [4.69, 9.17) is 14.2 Å². The third-order valence-electron chi connectivity index (χ3n) is 6.34. The molecule has 1 saturated heterocycles. The molecule has 1 aromatic carbocycles. The Morgan fingerprint density at radius 3 is 2.79 bits per heavy atom. The van der Waals surface area contributed by atoms with Crippen LogP contribution in [0.1, 0.15) is 50.5 Å². The van der Waals surface area contributed by atoms with Crippen molar-refractivity contribution in [2.45, 2.75) is 56.7 Å². The molecule has 0 aromatic heterocycles. The molecule has 0 unspecified atom stereocenters. The second kappa shape index (κ2) is 7.49. The molecule has 1 saturated carbocycles. The van der Waals surface area contributed by atoms with Gasteiger partial charge in [-0.2, -0.15) is 0 Å². The van der Waals surface area contributed by atoms with E-state index in [-0.39, 0.29) is 29.7 Å². The number of esters is 1. The van der Waals surface area contributed by atoms with E-state index in [9.17, 15) is 9.59 Å². The highest BCUT2D eigenvalue weighted by atomic mass is 16.6. The molecule has 6 nitrogen and oxygen atoms in total. The number of benzene rings is 1. The van der Waals surface area contributed by atoms with Gasteiger partial charge in [0.25, 0.3) is 0 Å². The van der Waals surface area contributed by atoms with Gasteiger partial charge in [-0.05, 0) is 30.9 Å². The topological polar surface area (TPSA) is 65.1 Å². The van der Waals surface area contributed by atoms with Crippen molar-refractivity contribution in [3.63, 3.8) is 0 Å². The minimum absolute atomic E-state index is 0.0322. The zero-order valence-electron chi connectivity index (χ0n) is 16.4. The Labute approximate surface area is 165 Å². The molecule has 28 heavy (non-hydrogen) atoms. The van der Waals surface area contributed by atoms with Crippen LogP contribution in [0.25, 0.3) is 0 Å². The normalized spacial score (nSPS) is 32.1. The fraction of sp³-hybridized carbons (Fsp3) is 0.545. The number of hydrogen-bond acceptors (Lipinski definition) is 5. The highest BCUT2D eigenvalue weighted by Crippen LogP contribution is 2.53. The number of methoxy groups -OCH3 is 1. The zero-order valence-corrected chi connectivity index (χ0v) is 16.4. The van der Waals surface area contributed by atoms with Gasteiger partial charge in [0.15, 0.2) is 5.72 Å². The van der Waals surface area contributed by atoms with Crippen LogP contribution in [0, 0.1) is 5.92 Å². The Morgan fingerprint density at radius 1 is 1.29 bits per heavy atom. The smallest absolute Gasteiger partial charge is 0.413 e. The summed E-state index contributed by atoms with van der Waals surface area (Å²) in [5.74, 6) is -0.305. The molecule has 4 atom stereocenters. The first-order valence-electron chi connectivity index (χ1n) is 10.1. The summed E-state index contributed by atoms with van der Waals surface area (Å²) in [6.07, 6.45) is 5.91. The third kappa shape index (κ3) is 2.95. The van der Waals surface area contributed by atoms with Crippen molar-refractivity contribution in [1.82, 2.24) is 4.90 Å². The van der Waals surface area contributed by atoms with Gasteiger partial charge in [0.05, 0.1) is 13.2 Å². The minimum Gasteiger partial charge on any atom is -0.463 e. The molecule has 0 radical (unpaired) electrons. The second-order valence-corrected chi connectivity index (χ2v) is 7.77. The van der Waals surface area contributed by atoms with E-state index in [2.05, 4.69) is 12.1 Å². The summed E-state index contributed by atoms with van der Waals surface area (Å²) in [5, 5.41) is 0. The maximum atomic E-state index is 12.8. The van der Waals surface area contributed by atoms with Crippen molar-refractivity contribution in [1.29, 1.82) is 0 Å². The molecule has 1 aromatic rings. The average molecular weight is 385 g/mol. The predicted molar refractivity (Wildman–Crippen MR) is 102 cm³/mol. The Hall–Kier alpha value is -2.50. The summed E-state index contributed by atoms with van der Waals surface area (Å²) in [5.41, 5.74) is 0.231. The van der Waals surface area contributed by atoms with E-state index in [1.54, 1.807) is 4.90 Å². The Morgan fingerprint density at radius 2 is 2.07 bits per heavy atom. The summed E-state index contributed by atoms with van der Waals surface area (Å²) >= 11 is 0. The SMILES string of the molecule is CC[C@@H]1COC(=O)N1[C@@]12CCCC[C@@H]1[C@@H](c1ccccc1)C=C(C(=O)OC)O2. The van der Waals surface area contributed by atoms with E-state index in [0.29, 0.717) is 13.0 Å². The molecule has 150 valence electrons. The highest BCUT2D eigenvalue weighted by molar-refractivity contribution is 5.86. The molecule has 2 heterocycles. The van der Waals surface area contributed by atoms with Gasteiger partial charge in [-0.15, -0.1) is 0 Å². The van der Waals surface area contributed by atoms with Crippen LogP contribution in [0.5, 0.6) is 0 Å². The molecule has 2 fully saturated rings. The van der Waals surface area contributed by atoms with Crippen LogP contribution in [-0.4, -0.2) is 42.4 Å². The van der Waals surface area contributed by atoms with Gasteiger partial charge in [0.2, 0.25) is 5.76 Å². The first-order valence-corrected chi connectivity index (χ1v) is 10.1. The highest BCUT2D eigenvalue weighted by Gasteiger charge is 2.59. The summed E-state index contributed by atoms with van der Waals surface area (Å²) in [7, 11) is 1.35. The summed E-state index contributed by atoms with van der Waals surface area (Å²) < 4.78 is 16.8. The van der Waals surface area contributed by atoms with Crippen LogP contribution >= 0.6 is 0 Å². The van der Waals surface area contributed by atoms with E-state index < -0.39 is 11.7 Å². The lowest BCUT2D eigenvalue weighted by Crippen LogP contribution is -2.62. The van der Waals surface area contributed by atoms with Gasteiger partial charge >= 0.3 is 12.1 Å². The number of rotatable bonds is 4. The molecular weight excluding hydrogens is 358 g/mol. The van der Waals surface area contributed by atoms with Crippen LogP contribution < -0.4 is 0 Å². The van der Waals surface area contributed by atoms with Gasteiger partial charge in [-0.3, -0.25) is 4.90 Å². The average Bonchev–Trinajstić information content (AvgIpc) is 3.14. The molecule has 3 aliphatic rings. The van der Waals surface area contributed by atoms with E-state index >= 15 is 0 Å². The van der Waals surface area contributed by atoms with Crippen molar-refractivity contribution < 1.29 is 23.8 Å². The first-order chi connectivity index (χ1) is 13.6. The fourth-order valence-corrected chi connectivity index (χ4v) is 5.03. The molecule has 2 aliphatic heterocycles. The number of ether oxygens (including phenoxy) is 3. The monoisotopic (exact) mass is 385 g/mol. The molecular formula is C22H27NO5. The number of allylic oxidation sites excluding steroid dienone is 1. The van der Waals surface area contributed by atoms with Crippen molar-refractivity contribution in [3.8, 4) is 0 Å². The summed E-state index contributed by atoms with van der Waals surface area (Å²) in [6, 6.07) is 10.1. The molecule has 0 spiro atoms. The minimum atomic E-state index is -0.884. The van der Waals surface area contributed by atoms with Crippen LogP contribution in [0.3, 0.4) is 0 Å². The molecule has 1 amide bonds. The lowest BCUT2D eigenvalue weighted by atomic mass is 9.68. The van der Waals surface area contributed by atoms with E-state index in [1.165, 1.54) is 7.11 Å². The Balaban J connectivity index is 1.85. The number of carbonyl (C=O) groups is 2. The summed E-state index contributed by atoms with van der Waals surface area (Å²) in [6.45, 7) is 2.41. The molecule has 4 rings (SSSR count). The molecule has 0 bridgehead atoms. The second-order valence-electron chi connectivity index (χ2n) is 7.77. The standard InChI is InChI=1S/C22H27NO5/c1-3-16-14-27-21(25)23(16)22-12-8-7-11-18(22)17(15-9-5-4-6-10-15)13-19(28-22)20(24)26-2/h4-6,9-10,13,16-18H,3,7-8,11-12,14H2,1-2H3/t16-,17-,18-,22-/m1/s1. The number of nitrogens with zero attached hydrogens (tertiary/aromatic N) is 1. The maximum absolute atomic E-state index is 12.8. The number of amides is 1. The van der Waals surface area contributed by atoms with E-state index in [0.717, 1.165) is 31.2 Å². The lowest BCUT2D eigenvalue weighted by molar-refractivity contribution is -0.192. The number of hydrogen-bond donors (Lipinski definition) is 0. The Bertz CT molecular complexity index is 776. The van der Waals surface area contributed by atoms with Gasteiger partial charge in [0, 0.05) is 18.3 Å². The predicted octanol–water partition coefficient (Wildman–Crippen LogP) is 3.97. The van der Waals surface area contributed by atoms with Crippen LogP contribution in [0.2, 0.25) is 0 Å². The van der Waals surface area contributed by atoms with Gasteiger partial charge in [-0.1, -0.05) is 43.7 Å². The van der Waals surface area contributed by atoms with Crippen LogP contribution in [-0.2, 0) is 19.0 Å². The van der Waals surface area contributed by atoms with Crippen LogP contribution in [0.15, 0.2) is 42.2 Å². The van der Waals surface area contributed by atoms with Crippen molar-refractivity contribution in [3.05, 3.63) is 47.7 Å². The lowest BCUT2D eigenvalue weighted by Gasteiger charge is -2.54.